The molecule has 3 N–H and O–H groups in total. The van der Waals surface area contributed by atoms with Gasteiger partial charge in [-0.1, -0.05) is 268 Å². The average molecular weight is 993 g/mol. The topological polar surface area (TPSA) is 105 Å². The van der Waals surface area contributed by atoms with E-state index in [1.807, 2.05) is 27.2 Å². The number of carbonyl (C=O) groups excluding carboxylic acids is 1. The number of phosphoric acid groups is 1. The van der Waals surface area contributed by atoms with Crippen LogP contribution < -0.4 is 5.32 Å². The Hall–Kier alpha value is -1.54. The molecule has 0 aliphatic carbocycles. The summed E-state index contributed by atoms with van der Waals surface area (Å²) in [7, 11) is 1.57. The van der Waals surface area contributed by atoms with Crippen molar-refractivity contribution in [3.63, 3.8) is 0 Å². The molecule has 9 heteroatoms. The van der Waals surface area contributed by atoms with Crippen LogP contribution in [0.25, 0.3) is 0 Å². The molecule has 0 aromatic rings. The van der Waals surface area contributed by atoms with Gasteiger partial charge in [-0.25, -0.2) is 4.57 Å². The molecule has 0 aromatic carbocycles. The molecule has 406 valence electrons. The molecule has 0 fully saturated rings. The Morgan fingerprint density at radius 2 is 0.870 bits per heavy atom. The SMILES string of the molecule is CC/C=C\C/C=C\C/C=C\CCCCCCCCCC(=O)NC(COP(=O)(O)OCC[N+](C)(C)C)C(O)/C=C/CCCCCCCCCCCCCCCCCCCCCCCCCCCCCC. The molecule has 0 bridgehead atoms. The lowest BCUT2D eigenvalue weighted by Gasteiger charge is -2.25. The second kappa shape index (κ2) is 51.4. The first-order valence-corrected chi connectivity index (χ1v) is 31.0. The quantitative estimate of drug-likeness (QED) is 0.0243. The number of allylic oxidation sites excluding steroid dienone is 7. The molecule has 0 aliphatic rings. The van der Waals surface area contributed by atoms with Crippen molar-refractivity contribution < 1.29 is 32.9 Å². The van der Waals surface area contributed by atoms with Crippen molar-refractivity contribution >= 4 is 13.7 Å². The molecule has 0 saturated heterocycles. The van der Waals surface area contributed by atoms with Crippen LogP contribution in [0.3, 0.4) is 0 Å². The van der Waals surface area contributed by atoms with Crippen LogP contribution in [0.15, 0.2) is 48.6 Å². The van der Waals surface area contributed by atoms with Gasteiger partial charge < -0.3 is 19.8 Å². The van der Waals surface area contributed by atoms with Gasteiger partial charge in [0, 0.05) is 6.42 Å². The fourth-order valence-corrected chi connectivity index (χ4v) is 9.44. The number of nitrogens with zero attached hydrogens (tertiary/aromatic N) is 1. The highest BCUT2D eigenvalue weighted by atomic mass is 31.2. The third-order valence-corrected chi connectivity index (χ3v) is 14.3. The van der Waals surface area contributed by atoms with E-state index in [9.17, 15) is 19.4 Å². The standard InChI is InChI=1S/C60H115N2O6P/c1-6-8-10-12-14-16-18-20-22-24-25-26-27-28-29-30-31-32-33-34-35-36-38-39-41-43-45-47-49-51-53-59(63)58(57-68-69(65,66)67-56-55-62(3,4)5)61-60(64)54-52-50-48-46-44-42-40-37-23-21-19-17-15-13-11-9-7-2/h9,11,15,17,21,23,51,53,58-59,63H,6-8,10,12-14,16,18-20,22,24-50,52,54-57H2,1-5H3,(H-,61,64,65,66)/p+1/b11-9-,17-15-,23-21-,53-51+. The van der Waals surface area contributed by atoms with Gasteiger partial charge in [-0.15, -0.1) is 0 Å². The molecule has 3 atom stereocenters. The Balaban J connectivity index is 4.13. The number of aliphatic hydroxyl groups excluding tert-OH is 1. The highest BCUT2D eigenvalue weighted by molar-refractivity contribution is 7.47. The first kappa shape index (κ1) is 67.5. The fourth-order valence-electron chi connectivity index (χ4n) is 8.71. The number of likely N-dealkylation sites (N-methyl/N-ethyl adjacent to an activating group) is 1. The maximum Gasteiger partial charge on any atom is 0.472 e. The summed E-state index contributed by atoms with van der Waals surface area (Å²) in [5, 5.41) is 13.9. The number of phosphoric ester groups is 1. The second-order valence-corrected chi connectivity index (χ2v) is 22.8. The first-order valence-electron chi connectivity index (χ1n) is 29.5. The van der Waals surface area contributed by atoms with Crippen molar-refractivity contribution in [1.29, 1.82) is 0 Å². The van der Waals surface area contributed by atoms with Crippen LogP contribution in [0.2, 0.25) is 0 Å². The number of nitrogens with one attached hydrogen (secondary N) is 1. The van der Waals surface area contributed by atoms with Gasteiger partial charge in [0.05, 0.1) is 39.9 Å². The smallest absolute Gasteiger partial charge is 0.387 e. The van der Waals surface area contributed by atoms with Crippen LogP contribution in [-0.2, 0) is 18.4 Å². The Morgan fingerprint density at radius 3 is 1.28 bits per heavy atom. The van der Waals surface area contributed by atoms with Gasteiger partial charge >= 0.3 is 7.82 Å². The predicted octanol–water partition coefficient (Wildman–Crippen LogP) is 17.9. The molecule has 69 heavy (non-hydrogen) atoms. The third-order valence-electron chi connectivity index (χ3n) is 13.3. The molecule has 0 rings (SSSR count). The molecule has 0 aromatic heterocycles. The van der Waals surface area contributed by atoms with E-state index >= 15 is 0 Å². The summed E-state index contributed by atoms with van der Waals surface area (Å²) >= 11 is 0. The van der Waals surface area contributed by atoms with Gasteiger partial charge in [0.25, 0.3) is 0 Å². The Labute approximate surface area is 429 Å². The van der Waals surface area contributed by atoms with E-state index < -0.39 is 20.0 Å². The lowest BCUT2D eigenvalue weighted by atomic mass is 10.0. The van der Waals surface area contributed by atoms with E-state index in [0.717, 1.165) is 64.2 Å². The minimum atomic E-state index is -4.35. The number of unbranched alkanes of at least 4 members (excludes halogenated alkanes) is 35. The number of aliphatic hydroxyl groups is 1. The van der Waals surface area contributed by atoms with E-state index in [0.29, 0.717) is 17.4 Å². The number of quaternary nitrogens is 1. The fraction of sp³-hybridized carbons (Fsp3) is 0.850. The van der Waals surface area contributed by atoms with Crippen LogP contribution in [0.4, 0.5) is 0 Å². The van der Waals surface area contributed by atoms with E-state index in [4.69, 9.17) is 9.05 Å². The van der Waals surface area contributed by atoms with Crippen LogP contribution in [0, 0.1) is 0 Å². The van der Waals surface area contributed by atoms with Gasteiger partial charge in [0.1, 0.15) is 13.2 Å². The molecule has 0 radical (unpaired) electrons. The van der Waals surface area contributed by atoms with E-state index in [2.05, 4.69) is 55.6 Å². The predicted molar refractivity (Wildman–Crippen MR) is 300 cm³/mol. The number of rotatable bonds is 54. The van der Waals surface area contributed by atoms with Crippen molar-refractivity contribution in [1.82, 2.24) is 5.32 Å². The maximum absolute atomic E-state index is 13.0. The van der Waals surface area contributed by atoms with Crippen molar-refractivity contribution in [2.75, 3.05) is 40.9 Å². The van der Waals surface area contributed by atoms with Crippen LogP contribution in [0.1, 0.15) is 277 Å². The largest absolute Gasteiger partial charge is 0.472 e. The first-order chi connectivity index (χ1) is 33.5. The molecule has 0 aliphatic heterocycles. The summed E-state index contributed by atoms with van der Waals surface area (Å²) in [6, 6.07) is -0.854. The maximum atomic E-state index is 13.0. The van der Waals surface area contributed by atoms with Gasteiger partial charge in [0.15, 0.2) is 0 Å². The molecule has 0 spiro atoms. The van der Waals surface area contributed by atoms with Gasteiger partial charge in [-0.3, -0.25) is 13.8 Å². The summed E-state index contributed by atoms with van der Waals surface area (Å²) in [4.78, 5) is 23.3. The van der Waals surface area contributed by atoms with Crippen molar-refractivity contribution in [2.45, 2.75) is 289 Å². The van der Waals surface area contributed by atoms with Gasteiger partial charge in [-0.05, 0) is 51.4 Å². The Morgan fingerprint density at radius 1 is 0.507 bits per heavy atom. The minimum absolute atomic E-state index is 0.0585. The number of carbonyl (C=O) groups is 1. The Kier molecular flexibility index (Phi) is 50.2. The van der Waals surface area contributed by atoms with E-state index in [-0.39, 0.29) is 19.1 Å². The van der Waals surface area contributed by atoms with Crippen molar-refractivity contribution in [2.24, 2.45) is 0 Å². The van der Waals surface area contributed by atoms with Crippen LogP contribution >= 0.6 is 7.82 Å². The summed E-state index contributed by atoms with van der Waals surface area (Å²) < 4.78 is 23.7. The lowest BCUT2D eigenvalue weighted by molar-refractivity contribution is -0.870. The van der Waals surface area contributed by atoms with E-state index in [1.54, 1.807) is 6.08 Å². The Bertz CT molecular complexity index is 1260. The molecule has 1 amide bonds. The number of hydrogen-bond acceptors (Lipinski definition) is 5. The number of hydrogen-bond donors (Lipinski definition) is 3. The minimum Gasteiger partial charge on any atom is -0.387 e. The van der Waals surface area contributed by atoms with Gasteiger partial charge in [0.2, 0.25) is 5.91 Å². The zero-order valence-corrected chi connectivity index (χ0v) is 47.2. The molecular formula is C60H116N2O6P+. The van der Waals surface area contributed by atoms with Crippen molar-refractivity contribution in [3.8, 4) is 0 Å². The summed E-state index contributed by atoms with van der Waals surface area (Å²) in [5.41, 5.74) is 0. The molecular weight excluding hydrogens is 876 g/mol. The second-order valence-electron chi connectivity index (χ2n) is 21.3. The van der Waals surface area contributed by atoms with Gasteiger partial charge in [-0.2, -0.15) is 0 Å². The lowest BCUT2D eigenvalue weighted by Crippen LogP contribution is -2.45. The molecule has 3 unspecified atom stereocenters. The summed E-state index contributed by atoms with van der Waals surface area (Å²) in [6.07, 6.45) is 68.0. The molecule has 0 saturated carbocycles. The zero-order valence-electron chi connectivity index (χ0n) is 46.3. The van der Waals surface area contributed by atoms with E-state index in [1.165, 1.54) is 193 Å². The monoisotopic (exact) mass is 992 g/mol. The highest BCUT2D eigenvalue weighted by Gasteiger charge is 2.27. The third kappa shape index (κ3) is 54.1. The highest BCUT2D eigenvalue weighted by Crippen LogP contribution is 2.43. The summed E-state index contributed by atoms with van der Waals surface area (Å²) in [6.45, 7) is 4.72. The number of amides is 1. The van der Waals surface area contributed by atoms with Crippen molar-refractivity contribution in [3.05, 3.63) is 48.6 Å². The van der Waals surface area contributed by atoms with Crippen LogP contribution in [0.5, 0.6) is 0 Å². The molecule has 8 nitrogen and oxygen atoms in total. The average Bonchev–Trinajstić information content (AvgIpc) is 3.31. The zero-order chi connectivity index (χ0) is 50.6. The van der Waals surface area contributed by atoms with Crippen LogP contribution in [-0.4, -0.2) is 73.4 Å². The normalized spacial score (nSPS) is 14.2. The molecule has 0 heterocycles. The summed E-state index contributed by atoms with van der Waals surface area (Å²) in [5.74, 6) is -0.186.